The molecule has 1 amide bonds. The summed E-state index contributed by atoms with van der Waals surface area (Å²) in [7, 11) is 0. The third-order valence-electron chi connectivity index (χ3n) is 2.94. The molecule has 88 valence electrons. The molecule has 2 aliphatic heterocycles. The van der Waals surface area contributed by atoms with Crippen LogP contribution in [0.1, 0.15) is 25.7 Å². The summed E-state index contributed by atoms with van der Waals surface area (Å²) in [6.45, 7) is 4.06. The number of carbonyl (C=O) groups is 1. The normalized spacial score (nSPS) is 22.0. The standard InChI is InChI=1S/C12H18N2O2/c15-12-6-11-16-14(12)10-5-4-9-13-7-2-1-3-8-13/h1-3,6-11H2. The predicted octanol–water partition coefficient (Wildman–Crippen LogP) is 0.640. The van der Waals surface area contributed by atoms with Crippen LogP contribution in [-0.2, 0) is 9.63 Å². The average Bonchev–Trinajstić information content (AvgIpc) is 2.72. The maximum absolute atomic E-state index is 11.2. The summed E-state index contributed by atoms with van der Waals surface area (Å²) in [5.41, 5.74) is 0. The molecular formula is C12H18N2O2. The molecule has 0 unspecified atom stereocenters. The van der Waals surface area contributed by atoms with Gasteiger partial charge in [-0.05, 0) is 25.9 Å². The summed E-state index contributed by atoms with van der Waals surface area (Å²) < 4.78 is 0. The highest BCUT2D eigenvalue weighted by atomic mass is 16.7. The molecule has 0 N–H and O–H groups in total. The van der Waals surface area contributed by atoms with Crippen molar-refractivity contribution in [1.82, 2.24) is 9.96 Å². The Morgan fingerprint density at radius 3 is 2.56 bits per heavy atom. The first-order valence-corrected chi connectivity index (χ1v) is 5.97. The quantitative estimate of drug-likeness (QED) is 0.643. The Hall–Kier alpha value is -1.05. The maximum Gasteiger partial charge on any atom is 0.249 e. The van der Waals surface area contributed by atoms with Gasteiger partial charge in [0.05, 0.1) is 19.6 Å². The number of hydrogen-bond acceptors (Lipinski definition) is 3. The van der Waals surface area contributed by atoms with E-state index in [4.69, 9.17) is 4.84 Å². The van der Waals surface area contributed by atoms with E-state index >= 15 is 0 Å². The van der Waals surface area contributed by atoms with Gasteiger partial charge >= 0.3 is 0 Å². The molecular weight excluding hydrogens is 204 g/mol. The van der Waals surface area contributed by atoms with E-state index in [1.54, 1.807) is 0 Å². The van der Waals surface area contributed by atoms with Gasteiger partial charge < -0.3 is 0 Å². The van der Waals surface area contributed by atoms with Gasteiger partial charge in [-0.25, -0.2) is 5.06 Å². The number of piperidine rings is 1. The molecule has 2 rings (SSSR count). The highest BCUT2D eigenvalue weighted by Gasteiger charge is 2.19. The van der Waals surface area contributed by atoms with E-state index in [9.17, 15) is 4.79 Å². The van der Waals surface area contributed by atoms with Crippen molar-refractivity contribution in [1.29, 1.82) is 0 Å². The Balaban J connectivity index is 1.67. The zero-order chi connectivity index (χ0) is 11.2. The second kappa shape index (κ2) is 5.88. The summed E-state index contributed by atoms with van der Waals surface area (Å²) in [6.07, 6.45) is 4.42. The van der Waals surface area contributed by atoms with Crippen LogP contribution in [-0.4, -0.2) is 48.7 Å². The van der Waals surface area contributed by atoms with Crippen molar-refractivity contribution in [2.24, 2.45) is 0 Å². The van der Waals surface area contributed by atoms with Crippen molar-refractivity contribution in [2.75, 3.05) is 32.8 Å². The number of carbonyl (C=O) groups excluding carboxylic acids is 1. The van der Waals surface area contributed by atoms with E-state index in [1.165, 1.54) is 24.3 Å². The molecule has 2 aliphatic rings. The lowest BCUT2D eigenvalue weighted by atomic mass is 10.1. The lowest BCUT2D eigenvalue weighted by Gasteiger charge is -2.23. The molecule has 0 bridgehead atoms. The van der Waals surface area contributed by atoms with Crippen LogP contribution in [0.2, 0.25) is 0 Å². The van der Waals surface area contributed by atoms with E-state index in [0.29, 0.717) is 19.6 Å². The molecule has 2 fully saturated rings. The molecule has 16 heavy (non-hydrogen) atoms. The average molecular weight is 222 g/mol. The molecule has 0 aromatic carbocycles. The first kappa shape index (κ1) is 11.4. The minimum absolute atomic E-state index is 0.0484. The van der Waals surface area contributed by atoms with Crippen LogP contribution in [0.5, 0.6) is 0 Å². The Bertz CT molecular complexity index is 300. The third kappa shape index (κ3) is 3.22. The number of hydroxylamine groups is 2. The van der Waals surface area contributed by atoms with E-state index < -0.39 is 0 Å². The monoisotopic (exact) mass is 222 g/mol. The fraction of sp³-hybridized carbons (Fsp3) is 0.750. The molecule has 0 spiro atoms. The fourth-order valence-corrected chi connectivity index (χ4v) is 1.99. The second-order valence-electron chi connectivity index (χ2n) is 4.20. The number of nitrogens with zero attached hydrogens (tertiary/aromatic N) is 2. The number of hydrogen-bond donors (Lipinski definition) is 0. The van der Waals surface area contributed by atoms with E-state index in [0.717, 1.165) is 19.6 Å². The van der Waals surface area contributed by atoms with Crippen molar-refractivity contribution < 1.29 is 9.63 Å². The molecule has 4 nitrogen and oxygen atoms in total. The van der Waals surface area contributed by atoms with Crippen LogP contribution in [0.15, 0.2) is 0 Å². The molecule has 2 saturated heterocycles. The zero-order valence-corrected chi connectivity index (χ0v) is 9.57. The summed E-state index contributed by atoms with van der Waals surface area (Å²) in [6, 6.07) is 0. The molecule has 0 saturated carbocycles. The van der Waals surface area contributed by atoms with E-state index in [1.807, 2.05) is 0 Å². The molecule has 0 aromatic rings. The van der Waals surface area contributed by atoms with Crippen LogP contribution < -0.4 is 0 Å². The minimum Gasteiger partial charge on any atom is -0.292 e. The zero-order valence-electron chi connectivity index (χ0n) is 9.57. The first-order valence-electron chi connectivity index (χ1n) is 5.97. The van der Waals surface area contributed by atoms with Crippen molar-refractivity contribution in [3.05, 3.63) is 0 Å². The molecule has 0 aliphatic carbocycles. The summed E-state index contributed by atoms with van der Waals surface area (Å²) in [4.78, 5) is 18.7. The molecule has 2 heterocycles. The Labute approximate surface area is 96.5 Å². The number of rotatable bonds is 2. The molecule has 0 atom stereocenters. The van der Waals surface area contributed by atoms with Gasteiger partial charge in [-0.3, -0.25) is 14.5 Å². The maximum atomic E-state index is 11.2. The molecule has 0 aromatic heterocycles. The Kier molecular flexibility index (Phi) is 4.20. The Morgan fingerprint density at radius 1 is 1.12 bits per heavy atom. The van der Waals surface area contributed by atoms with Crippen molar-refractivity contribution in [2.45, 2.75) is 25.7 Å². The lowest BCUT2D eigenvalue weighted by molar-refractivity contribution is -0.158. The fourth-order valence-electron chi connectivity index (χ4n) is 1.99. The number of likely N-dealkylation sites (tertiary alicyclic amines) is 1. The van der Waals surface area contributed by atoms with Crippen LogP contribution >= 0.6 is 0 Å². The van der Waals surface area contributed by atoms with Crippen LogP contribution in [0, 0.1) is 11.8 Å². The molecule has 4 heteroatoms. The smallest absolute Gasteiger partial charge is 0.249 e. The Morgan fingerprint density at radius 2 is 1.88 bits per heavy atom. The van der Waals surface area contributed by atoms with Gasteiger partial charge in [0.2, 0.25) is 5.91 Å². The van der Waals surface area contributed by atoms with Gasteiger partial charge in [0.1, 0.15) is 6.54 Å². The minimum atomic E-state index is 0.0484. The summed E-state index contributed by atoms with van der Waals surface area (Å²) >= 11 is 0. The SMILES string of the molecule is O=C1CCON1CC#CCN1CCCCC1. The third-order valence-corrected chi connectivity index (χ3v) is 2.94. The number of amides is 1. The van der Waals surface area contributed by atoms with Crippen molar-refractivity contribution in [3.63, 3.8) is 0 Å². The van der Waals surface area contributed by atoms with Gasteiger partial charge in [0, 0.05) is 0 Å². The predicted molar refractivity (Wildman–Crippen MR) is 60.3 cm³/mol. The second-order valence-corrected chi connectivity index (χ2v) is 4.20. The highest BCUT2D eigenvalue weighted by molar-refractivity contribution is 5.76. The largest absolute Gasteiger partial charge is 0.292 e. The van der Waals surface area contributed by atoms with Crippen molar-refractivity contribution in [3.8, 4) is 11.8 Å². The van der Waals surface area contributed by atoms with Crippen LogP contribution in [0.4, 0.5) is 0 Å². The van der Waals surface area contributed by atoms with E-state index in [-0.39, 0.29) is 5.91 Å². The van der Waals surface area contributed by atoms with Gasteiger partial charge in [0.15, 0.2) is 0 Å². The summed E-state index contributed by atoms with van der Waals surface area (Å²) in [5, 5.41) is 1.36. The van der Waals surface area contributed by atoms with Crippen molar-refractivity contribution >= 4 is 5.91 Å². The van der Waals surface area contributed by atoms with Gasteiger partial charge in [0.25, 0.3) is 0 Å². The van der Waals surface area contributed by atoms with Crippen LogP contribution in [0.25, 0.3) is 0 Å². The first-order chi connectivity index (χ1) is 7.86. The highest BCUT2D eigenvalue weighted by Crippen LogP contribution is 2.07. The molecule has 0 radical (unpaired) electrons. The lowest BCUT2D eigenvalue weighted by Crippen LogP contribution is -2.30. The van der Waals surface area contributed by atoms with Crippen LogP contribution in [0.3, 0.4) is 0 Å². The van der Waals surface area contributed by atoms with Gasteiger partial charge in [-0.15, -0.1) is 0 Å². The topological polar surface area (TPSA) is 32.8 Å². The van der Waals surface area contributed by atoms with E-state index in [2.05, 4.69) is 16.7 Å². The van der Waals surface area contributed by atoms with Gasteiger partial charge in [-0.2, -0.15) is 0 Å². The van der Waals surface area contributed by atoms with Gasteiger partial charge in [-0.1, -0.05) is 18.3 Å². The summed E-state index contributed by atoms with van der Waals surface area (Å²) in [5.74, 6) is 6.15.